The number of hydrogen-bond donors (Lipinski definition) is 2. The van der Waals surface area contributed by atoms with Crippen LogP contribution in [-0.2, 0) is 9.59 Å². The molecule has 1 fully saturated rings. The zero-order chi connectivity index (χ0) is 19.2. The Hall–Kier alpha value is -2.37. The summed E-state index contributed by atoms with van der Waals surface area (Å²) in [7, 11) is 1.89. The molecule has 0 aliphatic carbocycles. The summed E-state index contributed by atoms with van der Waals surface area (Å²) in [4.78, 5) is 28.4. The van der Waals surface area contributed by atoms with Gasteiger partial charge < -0.3 is 15.1 Å². The van der Waals surface area contributed by atoms with E-state index in [-0.39, 0.29) is 18.4 Å². The highest BCUT2D eigenvalue weighted by Crippen LogP contribution is 2.20. The van der Waals surface area contributed by atoms with Crippen LogP contribution in [0.5, 0.6) is 0 Å². The van der Waals surface area contributed by atoms with E-state index in [2.05, 4.69) is 5.32 Å². The zero-order valence-corrected chi connectivity index (χ0v) is 16.2. The van der Waals surface area contributed by atoms with Crippen LogP contribution in [0, 0.1) is 0 Å². The number of nitrogens with zero attached hydrogens (tertiary/aromatic N) is 1. The van der Waals surface area contributed by atoms with Crippen LogP contribution in [0.25, 0.3) is 0 Å². The highest BCUT2D eigenvalue weighted by Gasteiger charge is 2.34. The summed E-state index contributed by atoms with van der Waals surface area (Å²) in [5, 5.41) is 3.34. The lowest BCUT2D eigenvalue weighted by atomic mass is 10.0. The average molecular weight is 387 g/mol. The largest absolute Gasteiger partial charge is 0.337 e. The van der Waals surface area contributed by atoms with Gasteiger partial charge in [-0.05, 0) is 25.0 Å². The average Bonchev–Trinajstić information content (AvgIpc) is 3.19. The Bertz CT molecular complexity index is 791. The standard InChI is InChI=1S/C21H24ClN3O2/c1-24(15-19(26)23-18-12-6-5-11-17(18)22)20(16-9-3-2-4-10-16)21(27)25-13-7-8-14-25/h2-6,9-12,20H,7-8,13-15H2,1H3,(H,23,26)/p+1/t20-/m1/s1. The zero-order valence-electron chi connectivity index (χ0n) is 15.5. The van der Waals surface area contributed by atoms with Gasteiger partial charge in [0.15, 0.2) is 12.6 Å². The van der Waals surface area contributed by atoms with Crippen molar-refractivity contribution in [3.8, 4) is 0 Å². The molecule has 1 aliphatic rings. The summed E-state index contributed by atoms with van der Waals surface area (Å²) in [6.45, 7) is 1.76. The number of likely N-dealkylation sites (N-methyl/N-ethyl adjacent to an activating group) is 1. The van der Waals surface area contributed by atoms with Gasteiger partial charge in [-0.2, -0.15) is 0 Å². The summed E-state index contributed by atoms with van der Waals surface area (Å²) in [6, 6.07) is 16.4. The lowest BCUT2D eigenvalue weighted by Gasteiger charge is -2.28. The first kappa shape index (κ1) is 19.4. The van der Waals surface area contributed by atoms with E-state index in [9.17, 15) is 9.59 Å². The predicted octanol–water partition coefficient (Wildman–Crippen LogP) is 2.16. The minimum Gasteiger partial charge on any atom is -0.337 e. The molecule has 142 valence electrons. The van der Waals surface area contributed by atoms with Crippen molar-refractivity contribution in [1.82, 2.24) is 4.90 Å². The number of amides is 2. The topological polar surface area (TPSA) is 53.9 Å². The van der Waals surface area contributed by atoms with Crippen molar-refractivity contribution in [3.63, 3.8) is 0 Å². The van der Waals surface area contributed by atoms with E-state index < -0.39 is 6.04 Å². The fraction of sp³-hybridized carbons (Fsp3) is 0.333. The molecule has 2 N–H and O–H groups in total. The normalized spacial score (nSPS) is 16.0. The van der Waals surface area contributed by atoms with E-state index in [1.54, 1.807) is 12.1 Å². The van der Waals surface area contributed by atoms with Crippen LogP contribution in [0.1, 0.15) is 24.4 Å². The van der Waals surface area contributed by atoms with Gasteiger partial charge >= 0.3 is 0 Å². The minimum atomic E-state index is -0.402. The van der Waals surface area contributed by atoms with E-state index in [4.69, 9.17) is 11.6 Å². The summed E-state index contributed by atoms with van der Waals surface area (Å²) in [5.74, 6) is -0.0857. The van der Waals surface area contributed by atoms with Crippen molar-refractivity contribution >= 4 is 29.1 Å². The van der Waals surface area contributed by atoms with Crippen molar-refractivity contribution < 1.29 is 14.5 Å². The molecule has 6 heteroatoms. The number of carbonyl (C=O) groups excluding carboxylic acids is 2. The monoisotopic (exact) mass is 386 g/mol. The molecule has 0 radical (unpaired) electrons. The fourth-order valence-electron chi connectivity index (χ4n) is 3.52. The summed E-state index contributed by atoms with van der Waals surface area (Å²) in [6.07, 6.45) is 2.08. The number of benzene rings is 2. The first-order chi connectivity index (χ1) is 13.1. The van der Waals surface area contributed by atoms with Gasteiger partial charge in [0.1, 0.15) is 0 Å². The second-order valence-electron chi connectivity index (χ2n) is 6.93. The van der Waals surface area contributed by atoms with Gasteiger partial charge in [-0.25, -0.2) is 0 Å². The number of quaternary nitrogens is 1. The van der Waals surface area contributed by atoms with Crippen LogP contribution >= 0.6 is 11.6 Å². The van der Waals surface area contributed by atoms with Crippen LogP contribution < -0.4 is 10.2 Å². The summed E-state index contributed by atoms with van der Waals surface area (Å²) in [5.41, 5.74) is 1.51. The molecular formula is C21H25ClN3O2+. The van der Waals surface area contributed by atoms with Gasteiger partial charge in [0.2, 0.25) is 0 Å². The number of halogens is 1. The summed E-state index contributed by atoms with van der Waals surface area (Å²) < 4.78 is 0. The Morgan fingerprint density at radius 1 is 1.07 bits per heavy atom. The van der Waals surface area contributed by atoms with Crippen LogP contribution in [0.15, 0.2) is 54.6 Å². The molecule has 0 bridgehead atoms. The van der Waals surface area contributed by atoms with Gasteiger partial charge in [0, 0.05) is 18.7 Å². The molecule has 1 heterocycles. The lowest BCUT2D eigenvalue weighted by molar-refractivity contribution is -0.894. The number of anilines is 1. The molecule has 3 rings (SSSR count). The van der Waals surface area contributed by atoms with Crippen molar-refractivity contribution in [3.05, 3.63) is 65.2 Å². The quantitative estimate of drug-likeness (QED) is 0.799. The smallest absolute Gasteiger partial charge is 0.285 e. The number of nitrogens with one attached hydrogen (secondary N) is 2. The van der Waals surface area contributed by atoms with Crippen molar-refractivity contribution in [2.24, 2.45) is 0 Å². The molecule has 0 spiro atoms. The Morgan fingerprint density at radius 3 is 2.37 bits per heavy atom. The maximum absolute atomic E-state index is 13.1. The number of rotatable bonds is 6. The number of para-hydroxylation sites is 1. The molecular weight excluding hydrogens is 362 g/mol. The number of likely N-dealkylation sites (tertiary alicyclic amines) is 1. The molecule has 27 heavy (non-hydrogen) atoms. The molecule has 1 saturated heterocycles. The van der Waals surface area contributed by atoms with E-state index in [0.717, 1.165) is 36.4 Å². The molecule has 5 nitrogen and oxygen atoms in total. The second-order valence-corrected chi connectivity index (χ2v) is 7.33. The third kappa shape index (κ3) is 4.87. The Morgan fingerprint density at radius 2 is 1.70 bits per heavy atom. The Labute approximate surface area is 164 Å². The van der Waals surface area contributed by atoms with E-state index in [0.29, 0.717) is 10.7 Å². The number of hydrogen-bond acceptors (Lipinski definition) is 2. The highest BCUT2D eigenvalue weighted by molar-refractivity contribution is 6.33. The Kier molecular flexibility index (Phi) is 6.48. The van der Waals surface area contributed by atoms with Gasteiger partial charge in [0.25, 0.3) is 11.8 Å². The number of carbonyl (C=O) groups is 2. The van der Waals surface area contributed by atoms with Gasteiger partial charge in [-0.3, -0.25) is 9.59 Å². The molecule has 1 unspecified atom stereocenters. The molecule has 1 aliphatic heterocycles. The molecule has 2 amide bonds. The third-order valence-electron chi connectivity index (χ3n) is 4.88. The van der Waals surface area contributed by atoms with E-state index in [1.807, 2.05) is 54.4 Å². The van der Waals surface area contributed by atoms with Crippen molar-refractivity contribution in [1.29, 1.82) is 0 Å². The van der Waals surface area contributed by atoms with Crippen LogP contribution in [0.4, 0.5) is 5.69 Å². The van der Waals surface area contributed by atoms with Gasteiger partial charge in [0.05, 0.1) is 17.8 Å². The van der Waals surface area contributed by atoms with Crippen LogP contribution in [0.3, 0.4) is 0 Å². The van der Waals surface area contributed by atoms with E-state index in [1.165, 1.54) is 0 Å². The predicted molar refractivity (Wildman–Crippen MR) is 107 cm³/mol. The Balaban J connectivity index is 1.74. The van der Waals surface area contributed by atoms with Gasteiger partial charge in [-0.15, -0.1) is 0 Å². The first-order valence-corrected chi connectivity index (χ1v) is 9.64. The fourth-order valence-corrected chi connectivity index (χ4v) is 3.70. The van der Waals surface area contributed by atoms with Crippen LogP contribution in [-0.4, -0.2) is 43.4 Å². The molecule has 0 saturated carbocycles. The lowest BCUT2D eigenvalue weighted by Crippen LogP contribution is -3.11. The summed E-state index contributed by atoms with van der Waals surface area (Å²) >= 11 is 6.12. The van der Waals surface area contributed by atoms with Gasteiger partial charge in [-0.1, -0.05) is 54.1 Å². The minimum absolute atomic E-state index is 0.0849. The SMILES string of the molecule is C[NH+](CC(=O)Nc1ccccc1Cl)[C@@H](C(=O)N1CCCC1)c1ccccc1. The second kappa shape index (κ2) is 9.02. The maximum atomic E-state index is 13.1. The van der Waals surface area contributed by atoms with Crippen molar-refractivity contribution in [2.45, 2.75) is 18.9 Å². The van der Waals surface area contributed by atoms with Crippen molar-refractivity contribution in [2.75, 3.05) is 32.0 Å². The first-order valence-electron chi connectivity index (χ1n) is 9.26. The van der Waals surface area contributed by atoms with Crippen LogP contribution in [0.2, 0.25) is 5.02 Å². The maximum Gasteiger partial charge on any atom is 0.285 e. The third-order valence-corrected chi connectivity index (χ3v) is 5.21. The highest BCUT2D eigenvalue weighted by atomic mass is 35.5. The molecule has 0 aromatic heterocycles. The van der Waals surface area contributed by atoms with E-state index >= 15 is 0 Å². The molecule has 2 aromatic carbocycles. The molecule has 2 aromatic rings. The molecule has 2 atom stereocenters.